The number of nitrogens with one attached hydrogen (secondary N) is 1. The van der Waals surface area contributed by atoms with Crippen molar-refractivity contribution < 1.29 is 22.0 Å². The lowest BCUT2D eigenvalue weighted by Gasteiger charge is -2.20. The van der Waals surface area contributed by atoms with Gasteiger partial charge in [-0.2, -0.15) is 0 Å². The van der Waals surface area contributed by atoms with E-state index in [2.05, 4.69) is 10.3 Å². The summed E-state index contributed by atoms with van der Waals surface area (Å²) in [6, 6.07) is 24.5. The summed E-state index contributed by atoms with van der Waals surface area (Å²) in [5.41, 5.74) is 5.61. The van der Waals surface area contributed by atoms with E-state index < -0.39 is 10.0 Å². The smallest absolute Gasteiger partial charge is 0.255 e. The molecule has 8 nitrogen and oxygen atoms in total. The first-order chi connectivity index (χ1) is 19.6. The lowest BCUT2D eigenvalue weighted by molar-refractivity contribution is 0.0964. The maximum absolute atomic E-state index is 13.2. The number of rotatable bonds is 6. The van der Waals surface area contributed by atoms with Crippen molar-refractivity contribution in [3.05, 3.63) is 96.2 Å². The average molecular weight is 566 g/mol. The Kier molecular flexibility index (Phi) is 6.38. The quantitative estimate of drug-likeness (QED) is 0.243. The minimum Gasteiger partial charge on any atom is -0.455 e. The SMILES string of the molecule is CNC(=O)c1c(-c2ccc(C)cc2)oc2cc(N(C)S(C)(=O)=O)c(-c3ccc(-c4cc5ccccc5o4)nc3)cc12. The number of nitrogens with zero attached hydrogens (tertiary/aromatic N) is 2. The van der Waals surface area contributed by atoms with Crippen LogP contribution in [-0.4, -0.2) is 39.7 Å². The van der Waals surface area contributed by atoms with E-state index in [0.717, 1.165) is 28.4 Å². The Hall–Kier alpha value is -4.89. The predicted molar refractivity (Wildman–Crippen MR) is 161 cm³/mol. The molecule has 0 saturated carbocycles. The number of aromatic nitrogens is 1. The van der Waals surface area contributed by atoms with Crippen LogP contribution < -0.4 is 9.62 Å². The number of furan rings is 2. The Morgan fingerprint density at radius 2 is 1.63 bits per heavy atom. The number of sulfonamides is 1. The van der Waals surface area contributed by atoms with Crippen molar-refractivity contribution in [1.29, 1.82) is 0 Å². The maximum atomic E-state index is 13.2. The zero-order valence-electron chi connectivity index (χ0n) is 22.9. The summed E-state index contributed by atoms with van der Waals surface area (Å²) in [5, 5.41) is 4.24. The van der Waals surface area contributed by atoms with Crippen LogP contribution in [0.5, 0.6) is 0 Å². The molecule has 0 aliphatic heterocycles. The highest BCUT2D eigenvalue weighted by atomic mass is 32.2. The molecule has 0 spiro atoms. The van der Waals surface area contributed by atoms with Crippen molar-refractivity contribution in [3.63, 3.8) is 0 Å². The number of fused-ring (bicyclic) bond motifs is 2. The zero-order valence-corrected chi connectivity index (χ0v) is 23.7. The molecule has 0 aliphatic carbocycles. The number of benzene rings is 3. The third-order valence-corrected chi connectivity index (χ3v) is 8.36. The molecule has 3 heterocycles. The van der Waals surface area contributed by atoms with Crippen LogP contribution >= 0.6 is 0 Å². The normalized spacial score (nSPS) is 11.7. The Morgan fingerprint density at radius 3 is 2.29 bits per heavy atom. The van der Waals surface area contributed by atoms with Crippen LogP contribution in [0.25, 0.3) is 55.8 Å². The standard InChI is InChI=1S/C32H27N3O5S/c1-19-9-11-20(12-10-19)31-30(32(36)33-2)24-16-23(26(17-28(24)40-31)35(3)41(4,37)38)22-13-14-25(34-18-22)29-15-21-7-5-6-8-27(21)39-29/h5-18H,1-4H3,(H,33,36). The van der Waals surface area contributed by atoms with Crippen molar-refractivity contribution in [2.75, 3.05) is 24.7 Å². The molecule has 0 fully saturated rings. The summed E-state index contributed by atoms with van der Waals surface area (Å²) in [6.07, 6.45) is 2.81. The van der Waals surface area contributed by atoms with E-state index in [1.807, 2.05) is 73.7 Å². The zero-order chi connectivity index (χ0) is 28.9. The van der Waals surface area contributed by atoms with Gasteiger partial charge in [-0.15, -0.1) is 0 Å². The minimum atomic E-state index is -3.63. The molecule has 9 heteroatoms. The van der Waals surface area contributed by atoms with Gasteiger partial charge in [-0.1, -0.05) is 54.1 Å². The molecule has 0 unspecified atom stereocenters. The van der Waals surface area contributed by atoms with E-state index in [-0.39, 0.29) is 5.91 Å². The number of para-hydroxylation sites is 1. The van der Waals surface area contributed by atoms with Gasteiger partial charge in [0.1, 0.15) is 22.6 Å². The van der Waals surface area contributed by atoms with Gasteiger partial charge in [0, 0.05) is 53.8 Å². The van der Waals surface area contributed by atoms with E-state index in [1.54, 1.807) is 25.4 Å². The number of hydrogen-bond donors (Lipinski definition) is 1. The maximum Gasteiger partial charge on any atom is 0.255 e. The molecule has 41 heavy (non-hydrogen) atoms. The van der Waals surface area contributed by atoms with Crippen molar-refractivity contribution in [2.45, 2.75) is 6.92 Å². The molecule has 0 saturated heterocycles. The van der Waals surface area contributed by atoms with Crippen molar-refractivity contribution in [1.82, 2.24) is 10.3 Å². The van der Waals surface area contributed by atoms with E-state index in [0.29, 0.717) is 50.6 Å². The first-order valence-corrected chi connectivity index (χ1v) is 14.8. The van der Waals surface area contributed by atoms with E-state index in [4.69, 9.17) is 8.83 Å². The van der Waals surface area contributed by atoms with Gasteiger partial charge in [-0.3, -0.25) is 14.1 Å². The van der Waals surface area contributed by atoms with Crippen molar-refractivity contribution in [2.24, 2.45) is 0 Å². The molecule has 0 bridgehead atoms. The molecule has 1 amide bonds. The van der Waals surface area contributed by atoms with E-state index >= 15 is 0 Å². The number of aryl methyl sites for hydroxylation is 1. The molecule has 3 aromatic carbocycles. The van der Waals surface area contributed by atoms with Gasteiger partial charge >= 0.3 is 0 Å². The molecule has 6 rings (SSSR count). The fourth-order valence-corrected chi connectivity index (χ4v) is 5.38. The van der Waals surface area contributed by atoms with Crippen LogP contribution in [0.3, 0.4) is 0 Å². The molecule has 6 aromatic rings. The Labute approximate surface area is 237 Å². The van der Waals surface area contributed by atoms with Crippen LogP contribution in [0, 0.1) is 6.92 Å². The highest BCUT2D eigenvalue weighted by molar-refractivity contribution is 7.92. The van der Waals surface area contributed by atoms with Crippen LogP contribution in [0.2, 0.25) is 0 Å². The van der Waals surface area contributed by atoms with Crippen LogP contribution in [0.1, 0.15) is 15.9 Å². The third kappa shape index (κ3) is 4.74. The second kappa shape index (κ2) is 9.94. The molecular weight excluding hydrogens is 538 g/mol. The average Bonchev–Trinajstić information content (AvgIpc) is 3.57. The molecule has 0 radical (unpaired) electrons. The molecule has 3 aromatic heterocycles. The molecule has 1 N–H and O–H groups in total. The van der Waals surface area contributed by atoms with E-state index in [1.165, 1.54) is 11.4 Å². The second-order valence-electron chi connectivity index (χ2n) is 9.93. The van der Waals surface area contributed by atoms with Gasteiger partial charge in [0.25, 0.3) is 5.91 Å². The summed E-state index contributed by atoms with van der Waals surface area (Å²) in [5.74, 6) is 0.719. The summed E-state index contributed by atoms with van der Waals surface area (Å²) >= 11 is 0. The largest absolute Gasteiger partial charge is 0.455 e. The second-order valence-corrected chi connectivity index (χ2v) is 11.9. The van der Waals surface area contributed by atoms with Gasteiger partial charge < -0.3 is 14.2 Å². The summed E-state index contributed by atoms with van der Waals surface area (Å²) < 4.78 is 38.7. The molecule has 0 aliphatic rings. The van der Waals surface area contributed by atoms with Gasteiger partial charge in [0.05, 0.1) is 17.5 Å². The summed E-state index contributed by atoms with van der Waals surface area (Å²) in [7, 11) is -0.576. The van der Waals surface area contributed by atoms with Crippen molar-refractivity contribution >= 4 is 43.6 Å². The number of amides is 1. The van der Waals surface area contributed by atoms with Gasteiger partial charge in [0.2, 0.25) is 10.0 Å². The fourth-order valence-electron chi connectivity index (χ4n) is 4.87. The topological polar surface area (TPSA) is 106 Å². The Bertz CT molecular complexity index is 2010. The van der Waals surface area contributed by atoms with Crippen LogP contribution in [0.15, 0.2) is 93.9 Å². The first kappa shape index (κ1) is 26.3. The summed E-state index contributed by atoms with van der Waals surface area (Å²) in [4.78, 5) is 17.8. The van der Waals surface area contributed by atoms with Crippen molar-refractivity contribution in [3.8, 4) is 33.9 Å². The number of anilines is 1. The Balaban J connectivity index is 1.55. The molecule has 206 valence electrons. The van der Waals surface area contributed by atoms with Gasteiger partial charge in [0.15, 0.2) is 5.76 Å². The van der Waals surface area contributed by atoms with Crippen LogP contribution in [-0.2, 0) is 10.0 Å². The van der Waals surface area contributed by atoms with Gasteiger partial charge in [-0.25, -0.2) is 8.42 Å². The first-order valence-electron chi connectivity index (χ1n) is 12.9. The fraction of sp³-hybridized carbons (Fsp3) is 0.125. The van der Waals surface area contributed by atoms with Gasteiger partial charge in [-0.05, 0) is 31.2 Å². The third-order valence-electron chi connectivity index (χ3n) is 7.16. The summed E-state index contributed by atoms with van der Waals surface area (Å²) in [6.45, 7) is 1.98. The highest BCUT2D eigenvalue weighted by Crippen LogP contribution is 2.41. The lowest BCUT2D eigenvalue weighted by Crippen LogP contribution is -2.25. The Morgan fingerprint density at radius 1 is 0.902 bits per heavy atom. The lowest BCUT2D eigenvalue weighted by atomic mass is 9.99. The minimum absolute atomic E-state index is 0.312. The van der Waals surface area contributed by atoms with E-state index in [9.17, 15) is 13.2 Å². The number of carbonyl (C=O) groups is 1. The molecule has 0 atom stereocenters. The molecular formula is C32H27N3O5S. The highest BCUT2D eigenvalue weighted by Gasteiger charge is 2.26. The monoisotopic (exact) mass is 565 g/mol. The number of carbonyl (C=O) groups excluding carboxylic acids is 1. The van der Waals surface area contributed by atoms with Crippen LogP contribution in [0.4, 0.5) is 5.69 Å². The predicted octanol–water partition coefficient (Wildman–Crippen LogP) is 6.64. The number of pyridine rings is 1. The number of hydrogen-bond acceptors (Lipinski definition) is 6.